The van der Waals surface area contributed by atoms with Gasteiger partial charge >= 0.3 is 0 Å². The summed E-state index contributed by atoms with van der Waals surface area (Å²) in [6, 6.07) is 0. The summed E-state index contributed by atoms with van der Waals surface area (Å²) in [6.07, 6.45) is 7.39. The van der Waals surface area contributed by atoms with Crippen LogP contribution in [0.1, 0.15) is 58.3 Å². The number of likely N-dealkylation sites (tertiary alicyclic amines) is 1. The van der Waals surface area contributed by atoms with Crippen molar-refractivity contribution in [3.8, 4) is 0 Å². The minimum Gasteiger partial charge on any atom is -0.343 e. The van der Waals surface area contributed by atoms with Gasteiger partial charge in [0, 0.05) is 25.9 Å². The third kappa shape index (κ3) is 6.05. The molecule has 19 heavy (non-hydrogen) atoms. The number of unbranched alkanes of at least 4 members (excludes halogenated alkanes) is 1. The lowest BCUT2D eigenvalue weighted by molar-refractivity contribution is -0.130. The first-order chi connectivity index (χ1) is 9.17. The summed E-state index contributed by atoms with van der Waals surface area (Å²) >= 11 is 0. The van der Waals surface area contributed by atoms with Crippen molar-refractivity contribution < 1.29 is 9.59 Å². The van der Waals surface area contributed by atoms with E-state index in [4.69, 9.17) is 5.84 Å². The third-order valence-corrected chi connectivity index (χ3v) is 3.87. The Morgan fingerprint density at radius 2 is 2.21 bits per heavy atom. The number of carbonyl (C=O) groups is 2. The molecule has 1 saturated heterocycles. The zero-order valence-corrected chi connectivity index (χ0v) is 12.0. The number of amides is 2. The largest absolute Gasteiger partial charge is 0.343 e. The van der Waals surface area contributed by atoms with E-state index in [1.165, 1.54) is 12.8 Å². The summed E-state index contributed by atoms with van der Waals surface area (Å²) in [6.45, 7) is 3.86. The molecule has 1 fully saturated rings. The van der Waals surface area contributed by atoms with Crippen molar-refractivity contribution in [2.24, 2.45) is 11.8 Å². The van der Waals surface area contributed by atoms with E-state index < -0.39 is 0 Å². The molecule has 0 aromatic heterocycles. The van der Waals surface area contributed by atoms with Gasteiger partial charge in [0.1, 0.15) is 0 Å². The molecule has 1 unspecified atom stereocenters. The second-order valence-electron chi connectivity index (χ2n) is 5.39. The van der Waals surface area contributed by atoms with E-state index in [1.807, 2.05) is 4.90 Å². The lowest BCUT2D eigenvalue weighted by Crippen LogP contribution is -2.32. The van der Waals surface area contributed by atoms with E-state index in [1.54, 1.807) is 0 Å². The SMILES string of the molecule is CCCC1CCC(=O)N(CCCCC(=O)NN)CC1. The van der Waals surface area contributed by atoms with Crippen molar-refractivity contribution in [2.75, 3.05) is 13.1 Å². The zero-order valence-electron chi connectivity index (χ0n) is 12.0. The van der Waals surface area contributed by atoms with Crippen LogP contribution in [0.4, 0.5) is 0 Å². The molecule has 0 saturated carbocycles. The lowest BCUT2D eigenvalue weighted by atomic mass is 9.96. The van der Waals surface area contributed by atoms with Gasteiger partial charge in [0.15, 0.2) is 0 Å². The summed E-state index contributed by atoms with van der Waals surface area (Å²) in [5.74, 6) is 5.88. The monoisotopic (exact) mass is 269 g/mol. The summed E-state index contributed by atoms with van der Waals surface area (Å²) in [7, 11) is 0. The van der Waals surface area contributed by atoms with Gasteiger partial charge in [-0.25, -0.2) is 5.84 Å². The Morgan fingerprint density at radius 3 is 2.89 bits per heavy atom. The summed E-state index contributed by atoms with van der Waals surface area (Å²) < 4.78 is 0. The van der Waals surface area contributed by atoms with E-state index >= 15 is 0 Å². The number of rotatable bonds is 7. The van der Waals surface area contributed by atoms with Crippen LogP contribution in [0.2, 0.25) is 0 Å². The molecule has 0 aromatic rings. The molecule has 1 atom stereocenters. The third-order valence-electron chi connectivity index (χ3n) is 3.87. The summed E-state index contributed by atoms with van der Waals surface area (Å²) in [5.41, 5.74) is 2.12. The van der Waals surface area contributed by atoms with Crippen LogP contribution in [0.3, 0.4) is 0 Å². The topological polar surface area (TPSA) is 75.4 Å². The first-order valence-corrected chi connectivity index (χ1v) is 7.44. The summed E-state index contributed by atoms with van der Waals surface area (Å²) in [4.78, 5) is 24.9. The second kappa shape index (κ2) is 8.91. The fraction of sp³-hybridized carbons (Fsp3) is 0.857. The van der Waals surface area contributed by atoms with Gasteiger partial charge in [-0.2, -0.15) is 0 Å². The normalized spacial score (nSPS) is 20.2. The van der Waals surface area contributed by atoms with Crippen LogP contribution >= 0.6 is 0 Å². The highest BCUT2D eigenvalue weighted by atomic mass is 16.2. The standard InChI is InChI=1S/C14H27N3O2/c1-2-5-12-7-8-14(19)17(11-9-12)10-4-3-6-13(18)16-15/h12H,2-11,15H2,1H3,(H,16,18). The van der Waals surface area contributed by atoms with Crippen molar-refractivity contribution in [1.29, 1.82) is 0 Å². The van der Waals surface area contributed by atoms with Crippen LogP contribution in [0.15, 0.2) is 0 Å². The first-order valence-electron chi connectivity index (χ1n) is 7.44. The molecule has 1 aliphatic rings. The number of nitrogens with one attached hydrogen (secondary N) is 1. The molecule has 0 spiro atoms. The summed E-state index contributed by atoms with van der Waals surface area (Å²) in [5, 5.41) is 0. The quantitative estimate of drug-likeness (QED) is 0.319. The smallest absolute Gasteiger partial charge is 0.233 e. The molecule has 0 aliphatic carbocycles. The van der Waals surface area contributed by atoms with Crippen molar-refractivity contribution in [3.05, 3.63) is 0 Å². The number of hydrogen-bond acceptors (Lipinski definition) is 3. The predicted molar refractivity (Wildman–Crippen MR) is 75.0 cm³/mol. The van der Waals surface area contributed by atoms with Crippen LogP contribution in [0.25, 0.3) is 0 Å². The number of hydrogen-bond donors (Lipinski definition) is 2. The van der Waals surface area contributed by atoms with Crippen LogP contribution in [-0.2, 0) is 9.59 Å². The Labute approximate surface area is 115 Å². The molecule has 1 aliphatic heterocycles. The van der Waals surface area contributed by atoms with Gasteiger partial charge in [0.25, 0.3) is 0 Å². The van der Waals surface area contributed by atoms with E-state index in [-0.39, 0.29) is 11.8 Å². The van der Waals surface area contributed by atoms with Gasteiger partial charge in [-0.3, -0.25) is 15.0 Å². The minimum atomic E-state index is -0.134. The predicted octanol–water partition coefficient (Wildman–Crippen LogP) is 1.58. The Kier molecular flexibility index (Phi) is 7.48. The molecule has 0 radical (unpaired) electrons. The van der Waals surface area contributed by atoms with Gasteiger partial charge in [-0.1, -0.05) is 19.8 Å². The Morgan fingerprint density at radius 1 is 1.42 bits per heavy atom. The van der Waals surface area contributed by atoms with Gasteiger partial charge in [-0.15, -0.1) is 0 Å². The molecule has 0 aromatic carbocycles. The average molecular weight is 269 g/mol. The van der Waals surface area contributed by atoms with Gasteiger partial charge in [0.2, 0.25) is 11.8 Å². The molecular formula is C14H27N3O2. The average Bonchev–Trinajstić information content (AvgIpc) is 2.58. The maximum absolute atomic E-state index is 12.0. The van der Waals surface area contributed by atoms with Crippen LogP contribution < -0.4 is 11.3 Å². The molecule has 110 valence electrons. The number of carbonyl (C=O) groups excluding carboxylic acids is 2. The van der Waals surface area contributed by atoms with E-state index in [9.17, 15) is 9.59 Å². The van der Waals surface area contributed by atoms with Crippen molar-refractivity contribution in [3.63, 3.8) is 0 Å². The second-order valence-corrected chi connectivity index (χ2v) is 5.39. The van der Waals surface area contributed by atoms with Crippen LogP contribution in [0, 0.1) is 5.92 Å². The Bertz CT molecular complexity index is 294. The fourth-order valence-electron chi connectivity index (χ4n) is 2.69. The number of hydrazine groups is 1. The van der Waals surface area contributed by atoms with Crippen molar-refractivity contribution >= 4 is 11.8 Å². The van der Waals surface area contributed by atoms with E-state index in [0.29, 0.717) is 18.8 Å². The maximum Gasteiger partial charge on any atom is 0.233 e. The first kappa shape index (κ1) is 16.0. The number of nitrogens with zero attached hydrogens (tertiary/aromatic N) is 1. The van der Waals surface area contributed by atoms with Crippen LogP contribution in [-0.4, -0.2) is 29.8 Å². The number of nitrogens with two attached hydrogens (primary N) is 1. The van der Waals surface area contributed by atoms with Crippen LogP contribution in [0.5, 0.6) is 0 Å². The van der Waals surface area contributed by atoms with Crippen molar-refractivity contribution in [2.45, 2.75) is 58.3 Å². The zero-order chi connectivity index (χ0) is 14.1. The van der Waals surface area contributed by atoms with Gasteiger partial charge in [-0.05, 0) is 31.6 Å². The van der Waals surface area contributed by atoms with E-state index in [0.717, 1.165) is 38.8 Å². The molecule has 0 bridgehead atoms. The van der Waals surface area contributed by atoms with Crippen molar-refractivity contribution in [1.82, 2.24) is 10.3 Å². The van der Waals surface area contributed by atoms with E-state index in [2.05, 4.69) is 12.3 Å². The molecule has 1 heterocycles. The minimum absolute atomic E-state index is 0.134. The molecule has 2 amide bonds. The highest BCUT2D eigenvalue weighted by Crippen LogP contribution is 2.22. The Balaban J connectivity index is 2.25. The highest BCUT2D eigenvalue weighted by Gasteiger charge is 2.21. The molecule has 5 nitrogen and oxygen atoms in total. The maximum atomic E-state index is 12.0. The molecule has 3 N–H and O–H groups in total. The fourth-order valence-corrected chi connectivity index (χ4v) is 2.69. The highest BCUT2D eigenvalue weighted by molar-refractivity contribution is 5.76. The van der Waals surface area contributed by atoms with Gasteiger partial charge < -0.3 is 4.90 Å². The molecule has 5 heteroatoms. The van der Waals surface area contributed by atoms with Gasteiger partial charge in [0.05, 0.1) is 0 Å². The molecular weight excluding hydrogens is 242 g/mol. The Hall–Kier alpha value is -1.10. The lowest BCUT2D eigenvalue weighted by Gasteiger charge is -2.20. The molecule has 1 rings (SSSR count).